The molecule has 98 valence electrons. The van der Waals surface area contributed by atoms with Crippen LogP contribution in [0.5, 0.6) is 0 Å². The van der Waals surface area contributed by atoms with Gasteiger partial charge in [0, 0.05) is 29.5 Å². The number of pyridine rings is 1. The Labute approximate surface area is 118 Å². The summed E-state index contributed by atoms with van der Waals surface area (Å²) in [5, 5.41) is 0. The Kier molecular flexibility index (Phi) is 4.00. The molecule has 2 fully saturated rings. The Morgan fingerprint density at radius 1 is 1.17 bits per heavy atom. The summed E-state index contributed by atoms with van der Waals surface area (Å²) >= 11 is 3.51. The van der Waals surface area contributed by atoms with Crippen molar-refractivity contribution in [3.05, 3.63) is 28.5 Å². The average molecular weight is 309 g/mol. The molecule has 1 aliphatic heterocycles. The van der Waals surface area contributed by atoms with E-state index in [1.54, 1.807) is 0 Å². The van der Waals surface area contributed by atoms with Crippen LogP contribution in [0.4, 0.5) is 0 Å². The maximum atomic E-state index is 4.28. The minimum atomic E-state index is 0.839. The molecule has 0 N–H and O–H groups in total. The van der Waals surface area contributed by atoms with Gasteiger partial charge in [0.25, 0.3) is 0 Å². The van der Waals surface area contributed by atoms with Crippen molar-refractivity contribution in [2.45, 2.75) is 51.1 Å². The fourth-order valence-corrected chi connectivity index (χ4v) is 4.11. The molecule has 0 radical (unpaired) electrons. The monoisotopic (exact) mass is 308 g/mol. The Hall–Kier alpha value is -0.410. The standard InChI is InChI=1S/C15H21BrN2/c16-14-8-12(9-17-10-14)11-18-7-3-5-13-4-1-2-6-15(13)18/h8-10,13,15H,1-7,11H2/t13-,15-/m1/s1. The van der Waals surface area contributed by atoms with Gasteiger partial charge in [-0.25, -0.2) is 0 Å². The summed E-state index contributed by atoms with van der Waals surface area (Å²) in [5.74, 6) is 0.965. The van der Waals surface area contributed by atoms with Crippen LogP contribution in [0.2, 0.25) is 0 Å². The van der Waals surface area contributed by atoms with Crippen molar-refractivity contribution in [3.63, 3.8) is 0 Å². The van der Waals surface area contributed by atoms with Crippen molar-refractivity contribution >= 4 is 15.9 Å². The molecule has 0 bridgehead atoms. The van der Waals surface area contributed by atoms with Gasteiger partial charge in [-0.3, -0.25) is 9.88 Å². The summed E-state index contributed by atoms with van der Waals surface area (Å²) in [6, 6.07) is 3.05. The Balaban J connectivity index is 1.71. The molecule has 0 spiro atoms. The molecule has 2 heterocycles. The highest BCUT2D eigenvalue weighted by molar-refractivity contribution is 9.10. The van der Waals surface area contributed by atoms with Crippen molar-refractivity contribution in [2.75, 3.05) is 6.54 Å². The van der Waals surface area contributed by atoms with Crippen molar-refractivity contribution in [1.29, 1.82) is 0 Å². The number of piperidine rings is 1. The van der Waals surface area contributed by atoms with E-state index in [1.807, 2.05) is 12.4 Å². The molecule has 2 aliphatic rings. The van der Waals surface area contributed by atoms with Crippen LogP contribution in [0.25, 0.3) is 0 Å². The van der Waals surface area contributed by atoms with Crippen LogP contribution < -0.4 is 0 Å². The van der Waals surface area contributed by atoms with Gasteiger partial charge in [0.05, 0.1) is 0 Å². The van der Waals surface area contributed by atoms with Crippen LogP contribution in [0.1, 0.15) is 44.1 Å². The highest BCUT2D eigenvalue weighted by Crippen LogP contribution is 2.35. The highest BCUT2D eigenvalue weighted by Gasteiger charge is 2.32. The van der Waals surface area contributed by atoms with Crippen LogP contribution in [-0.2, 0) is 6.54 Å². The molecule has 0 amide bonds. The van der Waals surface area contributed by atoms with Crippen molar-refractivity contribution in [2.24, 2.45) is 5.92 Å². The van der Waals surface area contributed by atoms with Gasteiger partial charge in [-0.15, -0.1) is 0 Å². The Bertz CT molecular complexity index is 405. The van der Waals surface area contributed by atoms with Crippen LogP contribution in [-0.4, -0.2) is 22.5 Å². The van der Waals surface area contributed by atoms with E-state index in [9.17, 15) is 0 Å². The van der Waals surface area contributed by atoms with E-state index >= 15 is 0 Å². The lowest BCUT2D eigenvalue weighted by Gasteiger charge is -2.44. The summed E-state index contributed by atoms with van der Waals surface area (Å²) in [7, 11) is 0. The van der Waals surface area contributed by atoms with Crippen LogP contribution >= 0.6 is 15.9 Å². The molecule has 1 aromatic heterocycles. The van der Waals surface area contributed by atoms with Gasteiger partial charge in [-0.1, -0.05) is 12.8 Å². The molecule has 1 aliphatic carbocycles. The molecule has 1 aromatic rings. The molecule has 1 saturated heterocycles. The molecule has 2 nitrogen and oxygen atoms in total. The number of fused-ring (bicyclic) bond motifs is 1. The van der Waals surface area contributed by atoms with E-state index in [0.717, 1.165) is 23.0 Å². The van der Waals surface area contributed by atoms with Gasteiger partial charge in [-0.2, -0.15) is 0 Å². The van der Waals surface area contributed by atoms with Crippen molar-refractivity contribution in [3.8, 4) is 0 Å². The number of likely N-dealkylation sites (tertiary alicyclic amines) is 1. The van der Waals surface area contributed by atoms with Gasteiger partial charge in [0.15, 0.2) is 0 Å². The molecule has 3 heteroatoms. The zero-order valence-electron chi connectivity index (χ0n) is 10.8. The maximum absolute atomic E-state index is 4.28. The van der Waals surface area contributed by atoms with E-state index < -0.39 is 0 Å². The molecule has 0 unspecified atom stereocenters. The fourth-order valence-electron chi connectivity index (χ4n) is 3.70. The number of hydrogen-bond acceptors (Lipinski definition) is 2. The van der Waals surface area contributed by atoms with Crippen molar-refractivity contribution in [1.82, 2.24) is 9.88 Å². The molecule has 2 atom stereocenters. The minimum absolute atomic E-state index is 0.839. The quantitative estimate of drug-likeness (QED) is 0.821. The van der Waals surface area contributed by atoms with Gasteiger partial charge < -0.3 is 0 Å². The van der Waals surface area contributed by atoms with Crippen LogP contribution in [0.15, 0.2) is 22.9 Å². The minimum Gasteiger partial charge on any atom is -0.296 e. The lowest BCUT2D eigenvalue weighted by atomic mass is 9.78. The zero-order chi connectivity index (χ0) is 12.4. The number of halogens is 1. The first kappa shape index (κ1) is 12.6. The number of rotatable bonds is 2. The SMILES string of the molecule is Brc1cncc(CN2CCC[C@H]3CCCC[C@H]32)c1. The Morgan fingerprint density at radius 3 is 2.89 bits per heavy atom. The van der Waals surface area contributed by atoms with E-state index in [1.165, 1.54) is 50.6 Å². The van der Waals surface area contributed by atoms with Crippen molar-refractivity contribution < 1.29 is 0 Å². The number of nitrogens with zero attached hydrogens (tertiary/aromatic N) is 2. The zero-order valence-corrected chi connectivity index (χ0v) is 12.4. The summed E-state index contributed by atoms with van der Waals surface area (Å²) in [5.41, 5.74) is 1.34. The van der Waals surface area contributed by atoms with Gasteiger partial charge in [0.2, 0.25) is 0 Å². The van der Waals surface area contributed by atoms with E-state index in [-0.39, 0.29) is 0 Å². The third-order valence-electron chi connectivity index (χ3n) is 4.51. The van der Waals surface area contributed by atoms with E-state index in [4.69, 9.17) is 0 Å². The second-order valence-electron chi connectivity index (χ2n) is 5.74. The first-order chi connectivity index (χ1) is 8.83. The summed E-state index contributed by atoms with van der Waals surface area (Å²) < 4.78 is 1.09. The number of aromatic nitrogens is 1. The predicted molar refractivity (Wildman–Crippen MR) is 77.3 cm³/mol. The topological polar surface area (TPSA) is 16.1 Å². The maximum Gasteiger partial charge on any atom is 0.0410 e. The van der Waals surface area contributed by atoms with E-state index in [2.05, 4.69) is 31.9 Å². The second-order valence-corrected chi connectivity index (χ2v) is 6.65. The molecule has 0 aromatic carbocycles. The van der Waals surface area contributed by atoms with Crippen LogP contribution in [0.3, 0.4) is 0 Å². The molecular weight excluding hydrogens is 288 g/mol. The molecular formula is C15H21BrN2. The number of hydrogen-bond donors (Lipinski definition) is 0. The normalized spacial score (nSPS) is 28.9. The lowest BCUT2D eigenvalue weighted by Crippen LogP contribution is -2.46. The summed E-state index contributed by atoms with van der Waals surface area (Å²) in [6.45, 7) is 2.35. The molecule has 18 heavy (non-hydrogen) atoms. The van der Waals surface area contributed by atoms with Gasteiger partial charge >= 0.3 is 0 Å². The lowest BCUT2D eigenvalue weighted by molar-refractivity contribution is 0.0546. The largest absolute Gasteiger partial charge is 0.296 e. The van der Waals surface area contributed by atoms with E-state index in [0.29, 0.717) is 0 Å². The van der Waals surface area contributed by atoms with Gasteiger partial charge in [0.1, 0.15) is 0 Å². The third kappa shape index (κ3) is 2.77. The first-order valence-electron chi connectivity index (χ1n) is 7.16. The Morgan fingerprint density at radius 2 is 2.00 bits per heavy atom. The molecule has 3 rings (SSSR count). The predicted octanol–water partition coefficient (Wildman–Crippen LogP) is 4.00. The highest BCUT2D eigenvalue weighted by atomic mass is 79.9. The third-order valence-corrected chi connectivity index (χ3v) is 4.94. The summed E-state index contributed by atoms with van der Waals surface area (Å²) in [4.78, 5) is 6.99. The molecule has 1 saturated carbocycles. The average Bonchev–Trinajstić information content (AvgIpc) is 2.39. The fraction of sp³-hybridized carbons (Fsp3) is 0.667. The summed E-state index contributed by atoms with van der Waals surface area (Å²) in [6.07, 6.45) is 12.5. The van der Waals surface area contributed by atoms with Gasteiger partial charge in [-0.05, 0) is 65.7 Å². The first-order valence-corrected chi connectivity index (χ1v) is 7.96. The second kappa shape index (κ2) is 5.70. The van der Waals surface area contributed by atoms with Crippen LogP contribution in [0, 0.1) is 5.92 Å². The smallest absolute Gasteiger partial charge is 0.0410 e.